The Bertz CT molecular complexity index is 741. The Morgan fingerprint density at radius 3 is 2.95 bits per heavy atom. The van der Waals surface area contributed by atoms with E-state index in [1.807, 2.05) is 31.3 Å². The molecule has 2 aromatic heterocycles. The maximum absolute atomic E-state index is 5.90. The van der Waals surface area contributed by atoms with Crippen LogP contribution in [0, 0.1) is 0 Å². The van der Waals surface area contributed by atoms with E-state index in [0.717, 1.165) is 17.2 Å². The first-order chi connectivity index (χ1) is 9.74. The first-order valence-electron chi connectivity index (χ1n) is 6.16. The van der Waals surface area contributed by atoms with Crippen molar-refractivity contribution in [2.24, 2.45) is 0 Å². The number of ether oxygens (including phenoxy) is 1. The van der Waals surface area contributed by atoms with Gasteiger partial charge in [-0.25, -0.2) is 9.97 Å². The molecule has 1 aromatic carbocycles. The molecule has 3 rings (SSSR count). The zero-order valence-electron chi connectivity index (χ0n) is 10.9. The molecule has 0 fully saturated rings. The minimum absolute atomic E-state index is 0.339. The predicted molar refractivity (Wildman–Crippen MR) is 79.2 cm³/mol. The van der Waals surface area contributed by atoms with Gasteiger partial charge in [0.1, 0.15) is 24.0 Å². The Kier molecular flexibility index (Phi) is 3.43. The Balaban J connectivity index is 1.77. The zero-order chi connectivity index (χ0) is 13.9. The number of benzene rings is 1. The van der Waals surface area contributed by atoms with Gasteiger partial charge in [-0.1, -0.05) is 17.7 Å². The van der Waals surface area contributed by atoms with Crippen LogP contribution in [0.1, 0.15) is 5.82 Å². The summed E-state index contributed by atoms with van der Waals surface area (Å²) in [6.07, 6.45) is 0. The van der Waals surface area contributed by atoms with Crippen LogP contribution < -0.4 is 10.1 Å². The number of nitrogens with zero attached hydrogens (tertiary/aromatic N) is 2. The molecule has 102 valence electrons. The molecule has 0 saturated carbocycles. The third-order valence-electron chi connectivity index (χ3n) is 2.82. The molecule has 0 saturated heterocycles. The topological polar surface area (TPSA) is 62.8 Å². The number of pyridine rings is 1. The lowest BCUT2D eigenvalue weighted by molar-refractivity contribution is 0.297. The molecule has 0 aliphatic carbocycles. The van der Waals surface area contributed by atoms with Crippen molar-refractivity contribution in [2.45, 2.75) is 6.61 Å². The first kappa shape index (κ1) is 12.7. The van der Waals surface area contributed by atoms with E-state index in [-0.39, 0.29) is 0 Å². The van der Waals surface area contributed by atoms with Crippen molar-refractivity contribution in [2.75, 3.05) is 12.4 Å². The molecule has 0 amide bonds. The Morgan fingerprint density at radius 2 is 2.15 bits per heavy atom. The second-order valence-corrected chi connectivity index (χ2v) is 4.68. The van der Waals surface area contributed by atoms with Crippen molar-refractivity contribution in [3.63, 3.8) is 0 Å². The van der Waals surface area contributed by atoms with Gasteiger partial charge in [0.15, 0.2) is 5.65 Å². The quantitative estimate of drug-likeness (QED) is 0.774. The third-order valence-corrected chi connectivity index (χ3v) is 3.06. The van der Waals surface area contributed by atoms with Crippen LogP contribution in [0.2, 0.25) is 5.02 Å². The minimum Gasteiger partial charge on any atom is -0.486 e. The lowest BCUT2D eigenvalue weighted by atomic mass is 10.3. The normalized spacial score (nSPS) is 10.7. The summed E-state index contributed by atoms with van der Waals surface area (Å²) in [4.78, 5) is 11.9. The summed E-state index contributed by atoms with van der Waals surface area (Å²) in [7, 11) is 1.82. The molecular formula is C14H13ClN4O. The number of H-pyrrole nitrogens is 1. The summed E-state index contributed by atoms with van der Waals surface area (Å²) in [5.41, 5.74) is 1.55. The standard InChI is InChI=1S/C14H13ClN4O/c1-16-12-6-5-11-14(18-12)19-13(17-11)8-20-10-4-2-3-9(15)7-10/h2-7H,8H2,1H3,(H2,16,17,18,19). The smallest absolute Gasteiger partial charge is 0.179 e. The Morgan fingerprint density at radius 1 is 1.25 bits per heavy atom. The second kappa shape index (κ2) is 5.38. The predicted octanol–water partition coefficient (Wildman–Crippen LogP) is 3.23. The highest BCUT2D eigenvalue weighted by molar-refractivity contribution is 6.30. The van der Waals surface area contributed by atoms with Crippen LogP contribution in [0.25, 0.3) is 11.2 Å². The van der Waals surface area contributed by atoms with Crippen molar-refractivity contribution in [1.29, 1.82) is 0 Å². The third kappa shape index (κ3) is 2.67. The van der Waals surface area contributed by atoms with E-state index >= 15 is 0 Å². The summed E-state index contributed by atoms with van der Waals surface area (Å²) in [6, 6.07) is 11.1. The van der Waals surface area contributed by atoms with Gasteiger partial charge in [0.2, 0.25) is 0 Å². The summed E-state index contributed by atoms with van der Waals surface area (Å²) < 4.78 is 5.64. The van der Waals surface area contributed by atoms with E-state index in [9.17, 15) is 0 Å². The average molecular weight is 289 g/mol. The number of hydrogen-bond acceptors (Lipinski definition) is 4. The van der Waals surface area contributed by atoms with Gasteiger partial charge < -0.3 is 15.0 Å². The molecule has 6 heteroatoms. The maximum Gasteiger partial charge on any atom is 0.179 e. The summed E-state index contributed by atoms with van der Waals surface area (Å²) in [5, 5.41) is 3.63. The fraction of sp³-hybridized carbons (Fsp3) is 0.143. The molecule has 0 bridgehead atoms. The number of rotatable bonds is 4. The van der Waals surface area contributed by atoms with Crippen molar-refractivity contribution in [3.8, 4) is 5.75 Å². The molecule has 0 aliphatic heterocycles. The lowest BCUT2D eigenvalue weighted by Crippen LogP contribution is -1.97. The number of aromatic nitrogens is 3. The van der Waals surface area contributed by atoms with Crippen LogP contribution in [0.4, 0.5) is 5.82 Å². The van der Waals surface area contributed by atoms with E-state index < -0.39 is 0 Å². The van der Waals surface area contributed by atoms with Crippen LogP contribution in [0.15, 0.2) is 36.4 Å². The number of hydrogen-bond donors (Lipinski definition) is 2. The Hall–Kier alpha value is -2.27. The number of nitrogens with one attached hydrogen (secondary N) is 2. The van der Waals surface area contributed by atoms with Crippen molar-refractivity contribution in [3.05, 3.63) is 47.2 Å². The maximum atomic E-state index is 5.90. The molecule has 3 aromatic rings. The fourth-order valence-electron chi connectivity index (χ4n) is 1.86. The molecular weight excluding hydrogens is 276 g/mol. The van der Waals surface area contributed by atoms with Crippen molar-refractivity contribution >= 4 is 28.6 Å². The van der Waals surface area contributed by atoms with Gasteiger partial charge in [-0.2, -0.15) is 0 Å². The van der Waals surface area contributed by atoms with Gasteiger partial charge in [0, 0.05) is 12.1 Å². The highest BCUT2D eigenvalue weighted by atomic mass is 35.5. The highest BCUT2D eigenvalue weighted by Crippen LogP contribution is 2.19. The molecule has 0 spiro atoms. The van der Waals surface area contributed by atoms with Crippen LogP contribution in [0.3, 0.4) is 0 Å². The second-order valence-electron chi connectivity index (χ2n) is 4.25. The fourth-order valence-corrected chi connectivity index (χ4v) is 2.04. The number of aromatic amines is 1. The zero-order valence-corrected chi connectivity index (χ0v) is 11.6. The molecule has 0 radical (unpaired) electrons. The average Bonchev–Trinajstić information content (AvgIpc) is 2.87. The molecule has 0 atom stereocenters. The summed E-state index contributed by atoms with van der Waals surface area (Å²) >= 11 is 5.90. The van der Waals surface area contributed by atoms with E-state index in [1.54, 1.807) is 12.1 Å². The minimum atomic E-state index is 0.339. The number of fused-ring (bicyclic) bond motifs is 1. The Labute approximate surface area is 121 Å². The van der Waals surface area contributed by atoms with Gasteiger partial charge in [-0.3, -0.25) is 0 Å². The number of halogens is 1. The monoisotopic (exact) mass is 288 g/mol. The largest absolute Gasteiger partial charge is 0.486 e. The number of imidazole rings is 1. The molecule has 5 nitrogen and oxygen atoms in total. The summed E-state index contributed by atoms with van der Waals surface area (Å²) in [5.74, 6) is 2.22. The highest BCUT2D eigenvalue weighted by Gasteiger charge is 2.05. The van der Waals surface area contributed by atoms with E-state index in [1.165, 1.54) is 0 Å². The van der Waals surface area contributed by atoms with Crippen LogP contribution in [0.5, 0.6) is 5.75 Å². The van der Waals surface area contributed by atoms with Crippen LogP contribution in [-0.2, 0) is 6.61 Å². The van der Waals surface area contributed by atoms with Crippen molar-refractivity contribution < 1.29 is 4.74 Å². The van der Waals surface area contributed by atoms with Crippen molar-refractivity contribution in [1.82, 2.24) is 15.0 Å². The SMILES string of the molecule is CNc1ccc2[nH]c(COc3cccc(Cl)c3)nc2n1. The van der Waals surface area contributed by atoms with E-state index in [0.29, 0.717) is 23.0 Å². The first-order valence-corrected chi connectivity index (χ1v) is 6.54. The molecule has 0 unspecified atom stereocenters. The van der Waals surface area contributed by atoms with Gasteiger partial charge in [0.05, 0.1) is 5.52 Å². The van der Waals surface area contributed by atoms with Crippen LogP contribution in [-0.4, -0.2) is 22.0 Å². The number of anilines is 1. The summed E-state index contributed by atoms with van der Waals surface area (Å²) in [6.45, 7) is 0.339. The van der Waals surface area contributed by atoms with Gasteiger partial charge >= 0.3 is 0 Å². The molecule has 0 aliphatic rings. The molecule has 2 N–H and O–H groups in total. The molecule has 20 heavy (non-hydrogen) atoms. The van der Waals surface area contributed by atoms with Gasteiger partial charge in [-0.15, -0.1) is 0 Å². The van der Waals surface area contributed by atoms with E-state index in [4.69, 9.17) is 16.3 Å². The van der Waals surface area contributed by atoms with Crippen LogP contribution >= 0.6 is 11.6 Å². The lowest BCUT2D eigenvalue weighted by Gasteiger charge is -2.03. The van der Waals surface area contributed by atoms with Gasteiger partial charge in [0.25, 0.3) is 0 Å². The van der Waals surface area contributed by atoms with Gasteiger partial charge in [-0.05, 0) is 30.3 Å². The van der Waals surface area contributed by atoms with E-state index in [2.05, 4.69) is 20.3 Å². The molecule has 2 heterocycles.